The Labute approximate surface area is 113 Å². The highest BCUT2D eigenvalue weighted by Crippen LogP contribution is 2.25. The Bertz CT molecular complexity index is 522. The highest BCUT2D eigenvalue weighted by Gasteiger charge is 2.28. The fraction of sp³-hybridized carbons (Fsp3) is 0.667. The van der Waals surface area contributed by atoms with Crippen LogP contribution in [0.5, 0.6) is 0 Å². The molecule has 2 atom stereocenters. The lowest BCUT2D eigenvalue weighted by molar-refractivity contribution is 0.327. The number of thiophene rings is 1. The molecule has 0 bridgehead atoms. The molecular formula is C12H20N2O2S2. The van der Waals surface area contributed by atoms with Gasteiger partial charge in [0.1, 0.15) is 0 Å². The molecule has 0 aliphatic carbocycles. The van der Waals surface area contributed by atoms with Crippen molar-refractivity contribution in [1.82, 2.24) is 10.0 Å². The zero-order valence-corrected chi connectivity index (χ0v) is 12.6. The second-order valence-electron chi connectivity index (χ2n) is 4.98. The quantitative estimate of drug-likeness (QED) is 0.889. The highest BCUT2D eigenvalue weighted by atomic mass is 32.2. The smallest absolute Gasteiger partial charge is 0.241 e. The van der Waals surface area contributed by atoms with Crippen molar-refractivity contribution in [3.05, 3.63) is 15.8 Å². The molecule has 0 aromatic carbocycles. The predicted octanol–water partition coefficient (Wildman–Crippen LogP) is 1.64. The van der Waals surface area contributed by atoms with Crippen LogP contribution in [0.25, 0.3) is 0 Å². The van der Waals surface area contributed by atoms with Crippen molar-refractivity contribution in [1.29, 1.82) is 0 Å². The maximum absolute atomic E-state index is 12.3. The first-order chi connectivity index (χ1) is 8.40. The molecule has 102 valence electrons. The van der Waals surface area contributed by atoms with Crippen molar-refractivity contribution >= 4 is 21.4 Å². The molecule has 0 spiro atoms. The first-order valence-electron chi connectivity index (χ1n) is 6.20. The summed E-state index contributed by atoms with van der Waals surface area (Å²) in [6.07, 6.45) is 1.01. The standard InChI is InChI=1S/C12H20N2O2S2/c1-8-4-5-13-7-11(8)14-18(15,16)12-6-9(2)17-10(12)3/h6,8,11,13-14H,4-5,7H2,1-3H3. The molecule has 1 fully saturated rings. The molecule has 0 amide bonds. The van der Waals surface area contributed by atoms with E-state index in [-0.39, 0.29) is 6.04 Å². The summed E-state index contributed by atoms with van der Waals surface area (Å²) in [4.78, 5) is 2.32. The minimum absolute atomic E-state index is 0.0108. The molecular weight excluding hydrogens is 268 g/mol. The van der Waals surface area contributed by atoms with Crippen LogP contribution in [0.3, 0.4) is 0 Å². The maximum atomic E-state index is 12.3. The van der Waals surface area contributed by atoms with Gasteiger partial charge in [0.15, 0.2) is 0 Å². The van der Waals surface area contributed by atoms with E-state index in [1.165, 1.54) is 11.3 Å². The molecule has 1 aromatic heterocycles. The van der Waals surface area contributed by atoms with E-state index in [2.05, 4.69) is 17.0 Å². The molecule has 1 aromatic rings. The van der Waals surface area contributed by atoms with E-state index in [0.717, 1.165) is 22.7 Å². The minimum Gasteiger partial charge on any atom is -0.315 e. The number of piperidine rings is 1. The Morgan fingerprint density at radius 3 is 2.72 bits per heavy atom. The largest absolute Gasteiger partial charge is 0.315 e. The van der Waals surface area contributed by atoms with Crippen molar-refractivity contribution in [2.75, 3.05) is 13.1 Å². The van der Waals surface area contributed by atoms with Gasteiger partial charge in [-0.05, 0) is 38.8 Å². The van der Waals surface area contributed by atoms with Gasteiger partial charge in [-0.2, -0.15) is 0 Å². The van der Waals surface area contributed by atoms with Gasteiger partial charge in [-0.3, -0.25) is 0 Å². The predicted molar refractivity (Wildman–Crippen MR) is 74.6 cm³/mol. The van der Waals surface area contributed by atoms with Gasteiger partial charge in [0.25, 0.3) is 0 Å². The van der Waals surface area contributed by atoms with Gasteiger partial charge in [0, 0.05) is 22.3 Å². The third-order valence-corrected chi connectivity index (χ3v) is 6.13. The van der Waals surface area contributed by atoms with E-state index in [9.17, 15) is 8.42 Å². The first-order valence-corrected chi connectivity index (χ1v) is 8.50. The van der Waals surface area contributed by atoms with Gasteiger partial charge >= 0.3 is 0 Å². The van der Waals surface area contributed by atoms with Crippen molar-refractivity contribution in [2.24, 2.45) is 5.92 Å². The Hall–Kier alpha value is -0.430. The zero-order chi connectivity index (χ0) is 13.3. The van der Waals surface area contributed by atoms with Gasteiger partial charge < -0.3 is 5.32 Å². The average molecular weight is 288 g/mol. The van der Waals surface area contributed by atoms with Crippen molar-refractivity contribution in [2.45, 2.75) is 38.1 Å². The Balaban J connectivity index is 2.19. The van der Waals surface area contributed by atoms with Crippen LogP contribution in [0.2, 0.25) is 0 Å². The lowest BCUT2D eigenvalue weighted by atomic mass is 9.96. The number of sulfonamides is 1. The fourth-order valence-electron chi connectivity index (χ4n) is 2.28. The second kappa shape index (κ2) is 5.28. The van der Waals surface area contributed by atoms with Gasteiger partial charge in [0.05, 0.1) is 4.90 Å². The summed E-state index contributed by atoms with van der Waals surface area (Å²) in [6, 6.07) is 1.74. The summed E-state index contributed by atoms with van der Waals surface area (Å²) in [5, 5.41) is 3.23. The lowest BCUT2D eigenvalue weighted by Gasteiger charge is -2.29. The van der Waals surface area contributed by atoms with Crippen molar-refractivity contribution in [3.8, 4) is 0 Å². The Morgan fingerprint density at radius 2 is 2.17 bits per heavy atom. The molecule has 2 unspecified atom stereocenters. The van der Waals surface area contributed by atoms with E-state index in [1.54, 1.807) is 6.07 Å². The van der Waals surface area contributed by atoms with Gasteiger partial charge in [0.2, 0.25) is 10.0 Å². The molecule has 18 heavy (non-hydrogen) atoms. The fourth-order valence-corrected chi connectivity index (χ4v) is 5.18. The number of hydrogen-bond donors (Lipinski definition) is 2. The number of hydrogen-bond acceptors (Lipinski definition) is 4. The number of nitrogens with one attached hydrogen (secondary N) is 2. The topological polar surface area (TPSA) is 58.2 Å². The van der Waals surface area contributed by atoms with E-state index in [1.807, 2.05) is 13.8 Å². The molecule has 0 saturated carbocycles. The number of aryl methyl sites for hydroxylation is 2. The molecule has 2 heterocycles. The van der Waals surface area contributed by atoms with Gasteiger partial charge in [-0.25, -0.2) is 13.1 Å². The summed E-state index contributed by atoms with van der Waals surface area (Å²) in [5.41, 5.74) is 0. The molecule has 2 N–H and O–H groups in total. The normalized spacial score (nSPS) is 25.3. The van der Waals surface area contributed by atoms with Crippen LogP contribution < -0.4 is 10.0 Å². The van der Waals surface area contributed by atoms with E-state index >= 15 is 0 Å². The molecule has 1 saturated heterocycles. The summed E-state index contributed by atoms with van der Waals surface area (Å²) >= 11 is 1.52. The highest BCUT2D eigenvalue weighted by molar-refractivity contribution is 7.89. The SMILES string of the molecule is Cc1cc(S(=O)(=O)NC2CNCCC2C)c(C)s1. The van der Waals surface area contributed by atoms with Crippen molar-refractivity contribution in [3.63, 3.8) is 0 Å². The second-order valence-corrected chi connectivity index (χ2v) is 8.12. The van der Waals surface area contributed by atoms with Crippen LogP contribution in [0.15, 0.2) is 11.0 Å². The third kappa shape index (κ3) is 2.93. The summed E-state index contributed by atoms with van der Waals surface area (Å²) < 4.78 is 27.5. The van der Waals surface area contributed by atoms with Crippen LogP contribution in [0.1, 0.15) is 23.1 Å². The molecule has 1 aliphatic rings. The summed E-state index contributed by atoms with van der Waals surface area (Å²) in [5.74, 6) is 0.376. The van der Waals surface area contributed by atoms with Gasteiger partial charge in [-0.1, -0.05) is 6.92 Å². The number of rotatable bonds is 3. The Morgan fingerprint density at radius 1 is 1.44 bits per heavy atom. The summed E-state index contributed by atoms with van der Waals surface area (Å²) in [7, 11) is -3.38. The van der Waals surface area contributed by atoms with Crippen LogP contribution in [-0.4, -0.2) is 27.5 Å². The first kappa shape index (κ1) is 14.0. The molecule has 2 rings (SSSR count). The van der Waals surface area contributed by atoms with E-state index in [4.69, 9.17) is 0 Å². The van der Waals surface area contributed by atoms with Crippen molar-refractivity contribution < 1.29 is 8.42 Å². The van der Waals surface area contributed by atoms with Crippen LogP contribution >= 0.6 is 11.3 Å². The van der Waals surface area contributed by atoms with E-state index < -0.39 is 10.0 Å². The Kier molecular flexibility index (Phi) is 4.11. The molecule has 4 nitrogen and oxygen atoms in total. The monoisotopic (exact) mass is 288 g/mol. The molecule has 1 aliphatic heterocycles. The summed E-state index contributed by atoms with van der Waals surface area (Å²) in [6.45, 7) is 7.56. The maximum Gasteiger partial charge on any atom is 0.241 e. The zero-order valence-electron chi connectivity index (χ0n) is 11.0. The third-order valence-electron chi connectivity index (χ3n) is 3.42. The van der Waals surface area contributed by atoms with Crippen LogP contribution in [0, 0.1) is 19.8 Å². The minimum atomic E-state index is -3.38. The van der Waals surface area contributed by atoms with E-state index in [0.29, 0.717) is 17.4 Å². The lowest BCUT2D eigenvalue weighted by Crippen LogP contribution is -2.50. The van der Waals surface area contributed by atoms with Crippen LogP contribution in [-0.2, 0) is 10.0 Å². The van der Waals surface area contributed by atoms with Gasteiger partial charge in [-0.15, -0.1) is 11.3 Å². The van der Waals surface area contributed by atoms with Crippen LogP contribution in [0.4, 0.5) is 0 Å². The molecule has 0 radical (unpaired) electrons. The molecule has 6 heteroatoms. The average Bonchev–Trinajstić information content (AvgIpc) is 2.62.